The molecule has 0 N–H and O–H groups in total. The van der Waals surface area contributed by atoms with Crippen molar-refractivity contribution in [1.29, 1.82) is 0 Å². The maximum Gasteiger partial charge on any atom is 1.00 e. The van der Waals surface area contributed by atoms with Gasteiger partial charge in [0.2, 0.25) is 0 Å². The molecule has 0 bridgehead atoms. The van der Waals surface area contributed by atoms with Crippen molar-refractivity contribution in [3.8, 4) is 0 Å². The average molecular weight is 604 g/mol. The van der Waals surface area contributed by atoms with Crippen LogP contribution in [0.4, 0.5) is 25.2 Å². The van der Waals surface area contributed by atoms with Crippen LogP contribution in [0.5, 0.6) is 0 Å². The molecule has 3 aromatic carbocycles. The normalized spacial score (nSPS) is 13.4. The molecule has 0 nitrogen and oxygen atoms in total. The third-order valence-electron chi connectivity index (χ3n) is 3.04. The first-order valence-electron chi connectivity index (χ1n) is 7.42. The molecule has 0 saturated carbocycles. The smallest absolute Gasteiger partial charge is 0.0622 e. The van der Waals surface area contributed by atoms with Crippen molar-refractivity contribution in [2.24, 2.45) is 0 Å². The molecule has 0 fully saturated rings. The van der Waals surface area contributed by atoms with E-state index in [1.165, 1.54) is 15.9 Å². The summed E-state index contributed by atoms with van der Waals surface area (Å²) in [7, 11) is -11.1. The van der Waals surface area contributed by atoms with E-state index >= 15 is 0 Å². The van der Waals surface area contributed by atoms with E-state index in [1.54, 1.807) is 0 Å². The maximum atomic E-state index is 9.87. The van der Waals surface area contributed by atoms with E-state index in [-0.39, 0.29) is 22.4 Å². The number of halogens is 6. The SMILES string of the molecule is F[P-](F)(F)(F)(F)F.[Au+].c1ccc(P(c2ccccc2)c2ccccc2)cc1. The molecule has 3 aromatic rings. The van der Waals surface area contributed by atoms with Gasteiger partial charge in [-0.05, 0) is 23.8 Å². The largest absolute Gasteiger partial charge is 1.00 e. The molecule has 3 rings (SSSR count). The zero-order valence-corrected chi connectivity index (χ0v) is 17.6. The fraction of sp³-hybridized carbons (Fsp3) is 0. The summed E-state index contributed by atoms with van der Waals surface area (Å²) in [5, 5.41) is 4.19. The van der Waals surface area contributed by atoms with Crippen molar-refractivity contribution in [3.05, 3.63) is 91.0 Å². The van der Waals surface area contributed by atoms with Crippen LogP contribution in [0.1, 0.15) is 0 Å². The minimum atomic E-state index is -10.7. The molecule has 0 saturated heterocycles. The number of hydrogen-bond donors (Lipinski definition) is 0. The summed E-state index contributed by atoms with van der Waals surface area (Å²) in [4.78, 5) is 0. The van der Waals surface area contributed by atoms with E-state index < -0.39 is 15.7 Å². The Bertz CT molecular complexity index is 720. The monoisotopic (exact) mass is 604 g/mol. The van der Waals surface area contributed by atoms with Gasteiger partial charge in [0.05, 0.1) is 0 Å². The summed E-state index contributed by atoms with van der Waals surface area (Å²) in [6.07, 6.45) is 0. The van der Waals surface area contributed by atoms with Crippen LogP contribution < -0.4 is 15.9 Å². The van der Waals surface area contributed by atoms with Gasteiger partial charge in [0.1, 0.15) is 0 Å². The second-order valence-corrected chi connectivity index (χ2v) is 9.44. The summed E-state index contributed by atoms with van der Waals surface area (Å²) < 4.78 is 59.2. The number of rotatable bonds is 3. The minimum Gasteiger partial charge on any atom is -0.0622 e. The molecule has 0 radical (unpaired) electrons. The van der Waals surface area contributed by atoms with Crippen molar-refractivity contribution in [3.63, 3.8) is 0 Å². The maximum absolute atomic E-state index is 10.7. The first-order valence-corrected chi connectivity index (χ1v) is 10.8. The minimum absolute atomic E-state index is 0. The van der Waals surface area contributed by atoms with Gasteiger partial charge in [-0.15, -0.1) is 0 Å². The molecule has 150 valence electrons. The Kier molecular flexibility index (Phi) is 7.49. The van der Waals surface area contributed by atoms with Crippen molar-refractivity contribution in [2.45, 2.75) is 0 Å². The van der Waals surface area contributed by atoms with Crippen molar-refractivity contribution in [1.82, 2.24) is 0 Å². The molecule has 0 atom stereocenters. The van der Waals surface area contributed by atoms with Gasteiger partial charge >= 0.3 is 55.4 Å². The molecule has 0 aliphatic rings. The van der Waals surface area contributed by atoms with Gasteiger partial charge in [-0.2, -0.15) is 0 Å². The zero-order chi connectivity index (χ0) is 19.3. The molecule has 27 heavy (non-hydrogen) atoms. The Labute approximate surface area is 170 Å². The van der Waals surface area contributed by atoms with E-state index in [2.05, 4.69) is 91.0 Å². The summed E-state index contributed by atoms with van der Waals surface area (Å²) in [6.45, 7) is 0. The fourth-order valence-corrected chi connectivity index (χ4v) is 4.48. The summed E-state index contributed by atoms with van der Waals surface area (Å²) in [5.41, 5.74) is 0. The van der Waals surface area contributed by atoms with Crippen LogP contribution in [0.15, 0.2) is 91.0 Å². The molecular formula is C18H15AuF6P2. The Morgan fingerprint density at radius 1 is 0.444 bits per heavy atom. The molecule has 0 amide bonds. The van der Waals surface area contributed by atoms with Gasteiger partial charge in [0.15, 0.2) is 0 Å². The van der Waals surface area contributed by atoms with Crippen LogP contribution in [0.3, 0.4) is 0 Å². The van der Waals surface area contributed by atoms with E-state index in [1.807, 2.05) is 0 Å². The molecule has 0 aromatic heterocycles. The van der Waals surface area contributed by atoms with Gasteiger partial charge in [-0.3, -0.25) is 0 Å². The first kappa shape index (κ1) is 23.9. The van der Waals surface area contributed by atoms with Crippen LogP contribution in [0.2, 0.25) is 0 Å². The third kappa shape index (κ3) is 10.7. The van der Waals surface area contributed by atoms with Gasteiger partial charge < -0.3 is 0 Å². The summed E-state index contributed by atoms with van der Waals surface area (Å²) in [6, 6.07) is 32.3. The van der Waals surface area contributed by atoms with Crippen LogP contribution >= 0.6 is 15.7 Å². The van der Waals surface area contributed by atoms with Gasteiger partial charge in [0.25, 0.3) is 0 Å². The second-order valence-electron chi connectivity index (χ2n) is 5.30. The average Bonchev–Trinajstić information content (AvgIpc) is 2.55. The van der Waals surface area contributed by atoms with Crippen LogP contribution in [0.25, 0.3) is 0 Å². The first-order chi connectivity index (χ1) is 11.9. The number of hydrogen-bond acceptors (Lipinski definition) is 0. The van der Waals surface area contributed by atoms with Gasteiger partial charge in [0, 0.05) is 0 Å². The Morgan fingerprint density at radius 2 is 0.630 bits per heavy atom. The number of benzene rings is 3. The fourth-order valence-electron chi connectivity index (χ4n) is 2.18. The molecule has 0 heterocycles. The molecular weight excluding hydrogens is 589 g/mol. The standard InChI is InChI=1S/C18H15P.Au.F6P/c1-4-10-16(11-5-1)19(17-12-6-2-7-13-17)18-14-8-3-9-15-18;;1-7(2,3,4,5)6/h1-15H;;/q;+1;-1. The molecule has 0 aliphatic heterocycles. The van der Waals surface area contributed by atoms with Crippen LogP contribution in [-0.2, 0) is 22.4 Å². The van der Waals surface area contributed by atoms with E-state index in [0.717, 1.165) is 0 Å². The van der Waals surface area contributed by atoms with Crippen molar-refractivity contribution >= 4 is 31.6 Å². The molecule has 0 spiro atoms. The Hall–Kier alpha value is -1.16. The predicted molar refractivity (Wildman–Crippen MR) is 98.7 cm³/mol. The van der Waals surface area contributed by atoms with Crippen LogP contribution in [-0.4, -0.2) is 0 Å². The predicted octanol–water partition coefficient (Wildman–Crippen LogP) is 6.82. The second kappa shape index (κ2) is 8.46. The Balaban J connectivity index is 0.000000395. The quantitative estimate of drug-likeness (QED) is 0.175. The Morgan fingerprint density at radius 3 is 0.815 bits per heavy atom. The van der Waals surface area contributed by atoms with Crippen molar-refractivity contribution in [2.75, 3.05) is 0 Å². The molecule has 0 unspecified atom stereocenters. The van der Waals surface area contributed by atoms with E-state index in [9.17, 15) is 25.2 Å². The molecule has 9 heteroatoms. The zero-order valence-electron chi connectivity index (χ0n) is 13.6. The summed E-state index contributed by atoms with van der Waals surface area (Å²) in [5.74, 6) is 0. The third-order valence-corrected chi connectivity index (χ3v) is 5.49. The topological polar surface area (TPSA) is 0 Å². The van der Waals surface area contributed by atoms with Gasteiger partial charge in [-0.25, -0.2) is 0 Å². The van der Waals surface area contributed by atoms with Crippen molar-refractivity contribution < 1.29 is 47.6 Å². The van der Waals surface area contributed by atoms with E-state index in [4.69, 9.17) is 0 Å². The van der Waals surface area contributed by atoms with Gasteiger partial charge in [-0.1, -0.05) is 91.0 Å². The van der Waals surface area contributed by atoms with Crippen LogP contribution in [0, 0.1) is 0 Å². The summed E-state index contributed by atoms with van der Waals surface area (Å²) >= 11 is 0. The molecule has 0 aliphatic carbocycles. The van der Waals surface area contributed by atoms with E-state index in [0.29, 0.717) is 0 Å².